The van der Waals surface area contributed by atoms with Crippen LogP contribution in [0.15, 0.2) is 29.3 Å². The highest BCUT2D eigenvalue weighted by atomic mass is 35.5. The summed E-state index contributed by atoms with van der Waals surface area (Å²) >= 11 is 11.8. The number of nitrogens with one attached hydrogen (secondary N) is 1. The van der Waals surface area contributed by atoms with Crippen molar-refractivity contribution >= 4 is 52.7 Å². The number of nitrogen functional groups attached to an aromatic ring is 1. The van der Waals surface area contributed by atoms with E-state index in [4.69, 9.17) is 28.9 Å². The van der Waals surface area contributed by atoms with Gasteiger partial charge < -0.3 is 10.7 Å². The normalized spacial score (nSPS) is 10.6. The van der Waals surface area contributed by atoms with Gasteiger partial charge in [0.25, 0.3) is 5.56 Å². The van der Waals surface area contributed by atoms with Crippen molar-refractivity contribution < 1.29 is 0 Å². The van der Waals surface area contributed by atoms with Gasteiger partial charge in [-0.25, -0.2) is 4.98 Å². The maximum absolute atomic E-state index is 12.3. The monoisotopic (exact) mass is 345 g/mol. The molecule has 0 aliphatic rings. The van der Waals surface area contributed by atoms with E-state index in [9.17, 15) is 4.79 Å². The smallest absolute Gasteiger partial charge is 0.283 e. The lowest BCUT2D eigenvalue weighted by molar-refractivity contribution is 0.761. The van der Waals surface area contributed by atoms with E-state index in [1.54, 1.807) is 18.2 Å². The quantitative estimate of drug-likeness (QED) is 0.746. The van der Waals surface area contributed by atoms with Gasteiger partial charge in [-0.15, -0.1) is 12.4 Å². The number of nitrogens with two attached hydrogens (primary N) is 1. The Labute approximate surface area is 135 Å². The molecule has 21 heavy (non-hydrogen) atoms. The summed E-state index contributed by atoms with van der Waals surface area (Å²) in [6, 6.07) is 5.13. The summed E-state index contributed by atoms with van der Waals surface area (Å²) in [7, 11) is 0. The first-order valence-electron chi connectivity index (χ1n) is 5.69. The minimum Gasteiger partial charge on any atom is -0.369 e. The second-order valence-corrected chi connectivity index (χ2v) is 5.02. The third kappa shape index (κ3) is 2.83. The van der Waals surface area contributed by atoms with Crippen molar-refractivity contribution in [1.29, 1.82) is 0 Å². The van der Waals surface area contributed by atoms with E-state index in [1.807, 2.05) is 0 Å². The molecule has 1 aromatic carbocycles. The van der Waals surface area contributed by atoms with Crippen LogP contribution in [0.3, 0.4) is 0 Å². The number of benzene rings is 1. The number of halogens is 3. The maximum atomic E-state index is 12.3. The molecule has 3 rings (SSSR count). The number of hydrogen-bond acceptors (Lipinski definition) is 4. The van der Waals surface area contributed by atoms with Crippen LogP contribution in [0, 0.1) is 0 Å². The minimum atomic E-state index is -0.306. The van der Waals surface area contributed by atoms with Crippen LogP contribution in [0.1, 0.15) is 5.56 Å². The fraction of sp³-hybridized carbons (Fsp3) is 0.0833. The van der Waals surface area contributed by atoms with Crippen LogP contribution in [-0.4, -0.2) is 19.5 Å². The molecule has 0 aliphatic carbocycles. The first kappa shape index (κ1) is 15.6. The molecule has 0 bridgehead atoms. The predicted octanol–water partition coefficient (Wildman–Crippen LogP) is 2.48. The molecule has 9 heteroatoms. The van der Waals surface area contributed by atoms with Gasteiger partial charge in [-0.05, 0) is 17.7 Å². The Hall–Kier alpha value is -1.76. The molecule has 6 nitrogen and oxygen atoms in total. The Balaban J connectivity index is 0.00000161. The summed E-state index contributed by atoms with van der Waals surface area (Å²) in [5.74, 6) is 0.109. The first-order chi connectivity index (χ1) is 9.56. The number of imidazole rings is 1. The Kier molecular flexibility index (Phi) is 4.41. The van der Waals surface area contributed by atoms with E-state index in [0.717, 1.165) is 5.56 Å². The minimum absolute atomic E-state index is 0. The van der Waals surface area contributed by atoms with Crippen molar-refractivity contribution in [1.82, 2.24) is 19.5 Å². The van der Waals surface area contributed by atoms with Gasteiger partial charge in [0.15, 0.2) is 11.2 Å². The molecule has 0 atom stereocenters. The highest BCUT2D eigenvalue weighted by Gasteiger charge is 2.11. The number of nitrogens with zero attached hydrogens (tertiary/aromatic N) is 3. The van der Waals surface area contributed by atoms with Crippen LogP contribution in [0.2, 0.25) is 10.0 Å². The van der Waals surface area contributed by atoms with Crippen LogP contribution < -0.4 is 11.3 Å². The molecule has 0 amide bonds. The standard InChI is InChI=1S/C12H9Cl2N5O.ClH/c13-7-2-1-6(3-8(7)14)4-19-11(20)9-10(17-5-16-9)18-12(19)15;/h1-3,5H,4H2,(H2,15,18)(H,16,17);1H. The van der Waals surface area contributed by atoms with Crippen molar-refractivity contribution in [3.8, 4) is 0 Å². The molecule has 0 aliphatic heterocycles. The van der Waals surface area contributed by atoms with Gasteiger partial charge in [-0.1, -0.05) is 29.3 Å². The highest BCUT2D eigenvalue weighted by Crippen LogP contribution is 2.23. The lowest BCUT2D eigenvalue weighted by Crippen LogP contribution is -2.25. The lowest BCUT2D eigenvalue weighted by Gasteiger charge is -2.09. The number of fused-ring (bicyclic) bond motifs is 1. The summed E-state index contributed by atoms with van der Waals surface area (Å²) in [4.78, 5) is 23.1. The van der Waals surface area contributed by atoms with Crippen molar-refractivity contribution in [2.24, 2.45) is 0 Å². The van der Waals surface area contributed by atoms with Gasteiger partial charge in [0.2, 0.25) is 5.95 Å². The van der Waals surface area contributed by atoms with Gasteiger partial charge in [0.1, 0.15) is 0 Å². The molecule has 0 radical (unpaired) electrons. The van der Waals surface area contributed by atoms with Crippen LogP contribution in [0.25, 0.3) is 11.2 Å². The van der Waals surface area contributed by atoms with E-state index in [2.05, 4.69) is 15.0 Å². The maximum Gasteiger partial charge on any atom is 0.283 e. The lowest BCUT2D eigenvalue weighted by atomic mass is 10.2. The van der Waals surface area contributed by atoms with Crippen molar-refractivity contribution in [2.75, 3.05) is 5.73 Å². The largest absolute Gasteiger partial charge is 0.369 e. The van der Waals surface area contributed by atoms with E-state index < -0.39 is 0 Å². The topological polar surface area (TPSA) is 89.6 Å². The molecular formula is C12H10Cl3N5O. The summed E-state index contributed by atoms with van der Waals surface area (Å²) in [6.45, 7) is 0.247. The number of aromatic amines is 1. The Morgan fingerprint density at radius 1 is 1.29 bits per heavy atom. The van der Waals surface area contributed by atoms with Crippen molar-refractivity contribution in [2.45, 2.75) is 6.54 Å². The van der Waals surface area contributed by atoms with Crippen molar-refractivity contribution in [3.05, 3.63) is 50.5 Å². The van der Waals surface area contributed by atoms with Gasteiger partial charge >= 0.3 is 0 Å². The second kappa shape index (κ2) is 5.93. The fourth-order valence-corrected chi connectivity index (χ4v) is 2.23. The number of aromatic nitrogens is 4. The molecule has 0 fully saturated rings. The zero-order chi connectivity index (χ0) is 14.3. The zero-order valence-electron chi connectivity index (χ0n) is 10.5. The average molecular weight is 347 g/mol. The second-order valence-electron chi connectivity index (χ2n) is 4.21. The van der Waals surface area contributed by atoms with E-state index in [-0.39, 0.29) is 36.0 Å². The van der Waals surface area contributed by atoms with E-state index in [0.29, 0.717) is 15.7 Å². The first-order valence-corrected chi connectivity index (χ1v) is 6.45. The van der Waals surface area contributed by atoms with Crippen LogP contribution >= 0.6 is 35.6 Å². The SMILES string of the molecule is Cl.Nc1nc2[nH]cnc2c(=O)n1Cc1ccc(Cl)c(Cl)c1. The molecule has 3 aromatic rings. The van der Waals surface area contributed by atoms with Crippen molar-refractivity contribution in [3.63, 3.8) is 0 Å². The number of rotatable bonds is 2. The van der Waals surface area contributed by atoms with Crippen LogP contribution in [-0.2, 0) is 6.54 Å². The van der Waals surface area contributed by atoms with Gasteiger partial charge in [0.05, 0.1) is 22.9 Å². The summed E-state index contributed by atoms with van der Waals surface area (Å²) in [5, 5.41) is 0.876. The van der Waals surface area contributed by atoms with E-state index >= 15 is 0 Å². The molecule has 3 N–H and O–H groups in total. The Morgan fingerprint density at radius 2 is 2.05 bits per heavy atom. The molecule has 110 valence electrons. The molecule has 2 aromatic heterocycles. The summed E-state index contributed by atoms with van der Waals surface area (Å²) in [5.41, 5.74) is 6.92. The third-order valence-corrected chi connectivity index (χ3v) is 3.63. The highest BCUT2D eigenvalue weighted by molar-refractivity contribution is 6.42. The fourth-order valence-electron chi connectivity index (χ4n) is 1.91. The van der Waals surface area contributed by atoms with Gasteiger partial charge in [-0.3, -0.25) is 9.36 Å². The van der Waals surface area contributed by atoms with Crippen LogP contribution in [0.4, 0.5) is 5.95 Å². The number of H-pyrrole nitrogens is 1. The number of anilines is 1. The van der Waals surface area contributed by atoms with Crippen LogP contribution in [0.5, 0.6) is 0 Å². The molecule has 0 spiro atoms. The van der Waals surface area contributed by atoms with Gasteiger partial charge in [0, 0.05) is 0 Å². The summed E-state index contributed by atoms with van der Waals surface area (Å²) < 4.78 is 1.34. The average Bonchev–Trinajstić information content (AvgIpc) is 2.87. The Bertz CT molecular complexity index is 858. The third-order valence-electron chi connectivity index (χ3n) is 2.89. The predicted molar refractivity (Wildman–Crippen MR) is 85.4 cm³/mol. The van der Waals surface area contributed by atoms with Gasteiger partial charge in [-0.2, -0.15) is 4.98 Å². The molecule has 2 heterocycles. The molecular weight excluding hydrogens is 337 g/mol. The molecule has 0 unspecified atom stereocenters. The molecule has 0 saturated heterocycles. The van der Waals surface area contributed by atoms with E-state index in [1.165, 1.54) is 10.9 Å². The number of hydrogen-bond donors (Lipinski definition) is 2. The molecule has 0 saturated carbocycles. The summed E-state index contributed by atoms with van der Waals surface area (Å²) in [6.07, 6.45) is 1.40. The Morgan fingerprint density at radius 3 is 2.76 bits per heavy atom. The zero-order valence-corrected chi connectivity index (χ0v) is 12.8.